The molecule has 0 bridgehead atoms. The van der Waals surface area contributed by atoms with Gasteiger partial charge < -0.3 is 10.1 Å². The SMILES string of the molecule is CCOC(=O)c1cc2n(n1)CCN2.Cl. The van der Waals surface area contributed by atoms with Crippen LogP contribution in [0, 0.1) is 0 Å². The summed E-state index contributed by atoms with van der Waals surface area (Å²) in [5.74, 6) is 0.536. The second-order valence-corrected chi connectivity index (χ2v) is 2.79. The molecule has 0 aromatic carbocycles. The van der Waals surface area contributed by atoms with Crippen LogP contribution in [0.4, 0.5) is 5.82 Å². The second-order valence-electron chi connectivity index (χ2n) is 2.79. The van der Waals surface area contributed by atoms with Crippen molar-refractivity contribution in [1.29, 1.82) is 0 Å². The Bertz CT molecular complexity index is 316. The highest BCUT2D eigenvalue weighted by atomic mass is 35.5. The first-order valence-corrected chi connectivity index (χ1v) is 4.30. The highest BCUT2D eigenvalue weighted by Gasteiger charge is 2.17. The van der Waals surface area contributed by atoms with E-state index in [9.17, 15) is 4.79 Å². The third-order valence-electron chi connectivity index (χ3n) is 1.89. The Morgan fingerprint density at radius 3 is 3.21 bits per heavy atom. The fourth-order valence-corrected chi connectivity index (χ4v) is 1.32. The van der Waals surface area contributed by atoms with E-state index in [1.54, 1.807) is 17.7 Å². The molecule has 6 heteroatoms. The maximum atomic E-state index is 11.2. The van der Waals surface area contributed by atoms with E-state index < -0.39 is 0 Å². The summed E-state index contributed by atoms with van der Waals surface area (Å²) in [5, 5.41) is 7.20. The van der Waals surface area contributed by atoms with Crippen LogP contribution in [0.5, 0.6) is 0 Å². The third kappa shape index (κ3) is 1.82. The number of hydrogen-bond donors (Lipinski definition) is 1. The van der Waals surface area contributed by atoms with Crippen molar-refractivity contribution in [3.63, 3.8) is 0 Å². The Morgan fingerprint density at radius 1 is 1.79 bits per heavy atom. The fraction of sp³-hybridized carbons (Fsp3) is 0.500. The van der Waals surface area contributed by atoms with Crippen molar-refractivity contribution >= 4 is 24.2 Å². The number of anilines is 1. The molecule has 0 spiro atoms. The molecule has 2 heterocycles. The second kappa shape index (κ2) is 4.32. The smallest absolute Gasteiger partial charge is 0.358 e. The van der Waals surface area contributed by atoms with Gasteiger partial charge in [-0.3, -0.25) is 0 Å². The maximum absolute atomic E-state index is 11.2. The molecular formula is C8H12ClN3O2. The highest BCUT2D eigenvalue weighted by Crippen LogP contribution is 2.15. The van der Waals surface area contributed by atoms with Crippen LogP contribution in [0.15, 0.2) is 6.07 Å². The third-order valence-corrected chi connectivity index (χ3v) is 1.89. The monoisotopic (exact) mass is 217 g/mol. The van der Waals surface area contributed by atoms with Gasteiger partial charge in [0.25, 0.3) is 0 Å². The minimum Gasteiger partial charge on any atom is -0.461 e. The Morgan fingerprint density at radius 2 is 2.57 bits per heavy atom. The van der Waals surface area contributed by atoms with Gasteiger partial charge in [0.1, 0.15) is 5.82 Å². The molecule has 1 aromatic heterocycles. The van der Waals surface area contributed by atoms with Crippen molar-refractivity contribution in [2.24, 2.45) is 0 Å². The molecule has 1 aliphatic heterocycles. The number of rotatable bonds is 2. The molecule has 0 aliphatic carbocycles. The number of nitrogens with zero attached hydrogens (tertiary/aromatic N) is 2. The normalized spacial score (nSPS) is 12.6. The van der Waals surface area contributed by atoms with Gasteiger partial charge in [-0.1, -0.05) is 0 Å². The molecule has 78 valence electrons. The van der Waals surface area contributed by atoms with E-state index in [2.05, 4.69) is 10.4 Å². The molecule has 0 saturated carbocycles. The van der Waals surface area contributed by atoms with Crippen molar-refractivity contribution in [3.05, 3.63) is 11.8 Å². The van der Waals surface area contributed by atoms with Crippen LogP contribution in [0.1, 0.15) is 17.4 Å². The van der Waals surface area contributed by atoms with Gasteiger partial charge in [-0.25, -0.2) is 9.48 Å². The average molecular weight is 218 g/mol. The number of halogens is 1. The van der Waals surface area contributed by atoms with E-state index in [0.29, 0.717) is 12.3 Å². The lowest BCUT2D eigenvalue weighted by molar-refractivity contribution is 0.0518. The summed E-state index contributed by atoms with van der Waals surface area (Å²) < 4.78 is 6.59. The van der Waals surface area contributed by atoms with Crippen molar-refractivity contribution < 1.29 is 9.53 Å². The van der Waals surface area contributed by atoms with Crippen molar-refractivity contribution in [2.45, 2.75) is 13.5 Å². The predicted octanol–water partition coefficient (Wildman–Crippen LogP) is 0.907. The average Bonchev–Trinajstić information content (AvgIpc) is 2.61. The van der Waals surface area contributed by atoms with Gasteiger partial charge in [0.05, 0.1) is 13.2 Å². The molecule has 5 nitrogen and oxygen atoms in total. The van der Waals surface area contributed by atoms with Gasteiger partial charge in [-0.05, 0) is 6.92 Å². The van der Waals surface area contributed by atoms with E-state index >= 15 is 0 Å². The van der Waals surface area contributed by atoms with Gasteiger partial charge in [-0.15, -0.1) is 12.4 Å². The zero-order valence-corrected chi connectivity index (χ0v) is 8.63. The van der Waals surface area contributed by atoms with Crippen LogP contribution < -0.4 is 5.32 Å². The Balaban J connectivity index is 0.000000980. The minimum absolute atomic E-state index is 0. The van der Waals surface area contributed by atoms with E-state index in [-0.39, 0.29) is 18.4 Å². The molecule has 0 fully saturated rings. The summed E-state index contributed by atoms with van der Waals surface area (Å²) in [6.45, 7) is 3.86. The molecule has 1 aromatic rings. The molecule has 1 N–H and O–H groups in total. The fourth-order valence-electron chi connectivity index (χ4n) is 1.32. The topological polar surface area (TPSA) is 56.2 Å². The number of esters is 1. The van der Waals surface area contributed by atoms with Crippen molar-refractivity contribution in [2.75, 3.05) is 18.5 Å². The Labute approximate surface area is 87.8 Å². The van der Waals surface area contributed by atoms with Gasteiger partial charge in [0.15, 0.2) is 5.69 Å². The zero-order valence-electron chi connectivity index (χ0n) is 7.82. The molecule has 0 unspecified atom stereocenters. The lowest BCUT2D eigenvalue weighted by Crippen LogP contribution is -2.07. The largest absolute Gasteiger partial charge is 0.461 e. The number of carbonyl (C=O) groups excluding carboxylic acids is 1. The molecule has 0 radical (unpaired) electrons. The summed E-state index contributed by atoms with van der Waals surface area (Å²) in [4.78, 5) is 11.2. The van der Waals surface area contributed by atoms with Crippen LogP contribution in [0.2, 0.25) is 0 Å². The predicted molar refractivity (Wildman–Crippen MR) is 53.9 cm³/mol. The Kier molecular flexibility index (Phi) is 3.35. The van der Waals surface area contributed by atoms with E-state index in [0.717, 1.165) is 18.9 Å². The molecule has 1 aliphatic rings. The van der Waals surface area contributed by atoms with E-state index in [1.807, 2.05) is 0 Å². The summed E-state index contributed by atoms with van der Waals surface area (Å²) in [5.41, 5.74) is 0.379. The summed E-state index contributed by atoms with van der Waals surface area (Å²) >= 11 is 0. The first-order valence-electron chi connectivity index (χ1n) is 4.30. The highest BCUT2D eigenvalue weighted by molar-refractivity contribution is 5.88. The summed E-state index contributed by atoms with van der Waals surface area (Å²) in [6, 6.07) is 1.71. The molecule has 0 atom stereocenters. The standard InChI is InChI=1S/C8H11N3O2.ClH/c1-2-13-8(12)6-5-7-9-3-4-11(7)10-6;/h5,9H,2-4H2,1H3;1H. The number of nitrogens with one attached hydrogen (secondary N) is 1. The van der Waals surface area contributed by atoms with Gasteiger partial charge in [-0.2, -0.15) is 5.10 Å². The number of carbonyl (C=O) groups is 1. The molecule has 14 heavy (non-hydrogen) atoms. The quantitative estimate of drug-likeness (QED) is 0.749. The number of aromatic nitrogens is 2. The summed E-state index contributed by atoms with van der Waals surface area (Å²) in [7, 11) is 0. The van der Waals surface area contributed by atoms with Gasteiger partial charge in [0, 0.05) is 12.6 Å². The lowest BCUT2D eigenvalue weighted by atomic mass is 10.4. The molecule has 0 saturated heterocycles. The van der Waals surface area contributed by atoms with E-state index in [4.69, 9.17) is 4.74 Å². The van der Waals surface area contributed by atoms with Crippen LogP contribution in [0.3, 0.4) is 0 Å². The molecule has 0 amide bonds. The van der Waals surface area contributed by atoms with Crippen molar-refractivity contribution in [1.82, 2.24) is 9.78 Å². The van der Waals surface area contributed by atoms with Crippen LogP contribution >= 0.6 is 12.4 Å². The number of hydrogen-bond acceptors (Lipinski definition) is 4. The minimum atomic E-state index is -0.355. The first-order chi connectivity index (χ1) is 6.31. The number of fused-ring (bicyclic) bond motifs is 1. The van der Waals surface area contributed by atoms with E-state index in [1.165, 1.54) is 0 Å². The molecular weight excluding hydrogens is 206 g/mol. The zero-order chi connectivity index (χ0) is 9.26. The van der Waals surface area contributed by atoms with Gasteiger partial charge in [0.2, 0.25) is 0 Å². The first kappa shape index (κ1) is 10.8. The van der Waals surface area contributed by atoms with Crippen LogP contribution in [-0.4, -0.2) is 28.9 Å². The maximum Gasteiger partial charge on any atom is 0.358 e. The van der Waals surface area contributed by atoms with Crippen LogP contribution in [0.25, 0.3) is 0 Å². The van der Waals surface area contributed by atoms with Gasteiger partial charge >= 0.3 is 5.97 Å². The molecule has 2 rings (SSSR count). The lowest BCUT2D eigenvalue weighted by Gasteiger charge is -1.96. The number of ether oxygens (including phenoxy) is 1. The Hall–Kier alpha value is -1.23. The summed E-state index contributed by atoms with van der Waals surface area (Å²) in [6.07, 6.45) is 0. The van der Waals surface area contributed by atoms with Crippen molar-refractivity contribution in [3.8, 4) is 0 Å². The van der Waals surface area contributed by atoms with Crippen LogP contribution in [-0.2, 0) is 11.3 Å².